The summed E-state index contributed by atoms with van der Waals surface area (Å²) >= 11 is 0. The second kappa shape index (κ2) is 2.66. The monoisotopic (exact) mass is 190 g/mol. The maximum absolute atomic E-state index is 11.1. The van der Waals surface area contributed by atoms with Crippen LogP contribution in [-0.4, -0.2) is 10.8 Å². The summed E-state index contributed by atoms with van der Waals surface area (Å²) in [5.74, 6) is -0.305. The van der Waals surface area contributed by atoms with E-state index in [9.17, 15) is 14.9 Å². The first-order valence-electron chi connectivity index (χ1n) is 3.88. The molecule has 1 aromatic carbocycles. The predicted molar refractivity (Wildman–Crippen MR) is 50.8 cm³/mol. The summed E-state index contributed by atoms with van der Waals surface area (Å²) in [6.07, 6.45) is 0. The number of rotatable bonds is 1. The number of hydrogen-bond donors (Lipinski definition) is 1. The quantitative estimate of drug-likeness (QED) is 0.415. The number of anilines is 1. The molecule has 2 rings (SSSR count). The lowest BCUT2D eigenvalue weighted by atomic mass is 10.1. The van der Waals surface area contributed by atoms with Crippen molar-refractivity contribution in [3.63, 3.8) is 0 Å². The van der Waals surface area contributed by atoms with Gasteiger partial charge in [-0.15, -0.1) is 0 Å². The Morgan fingerprint density at radius 1 is 1.43 bits per heavy atom. The van der Waals surface area contributed by atoms with Crippen molar-refractivity contribution in [1.29, 1.82) is 0 Å². The van der Waals surface area contributed by atoms with E-state index in [-0.39, 0.29) is 17.2 Å². The van der Waals surface area contributed by atoms with Crippen LogP contribution in [0.15, 0.2) is 24.8 Å². The average Bonchev–Trinajstić information content (AvgIpc) is 2.43. The number of nitro groups is 1. The van der Waals surface area contributed by atoms with E-state index in [4.69, 9.17) is 0 Å². The molecule has 1 N–H and O–H groups in total. The van der Waals surface area contributed by atoms with Crippen LogP contribution in [-0.2, 0) is 4.79 Å². The minimum absolute atomic E-state index is 0.0404. The molecule has 1 amide bonds. The molecule has 0 saturated carbocycles. The molecular formula is C9H6N2O3. The van der Waals surface area contributed by atoms with Gasteiger partial charge < -0.3 is 5.32 Å². The van der Waals surface area contributed by atoms with Gasteiger partial charge in [-0.05, 0) is 6.07 Å². The largest absolute Gasteiger partial charge is 0.321 e. The van der Waals surface area contributed by atoms with Gasteiger partial charge in [-0.25, -0.2) is 0 Å². The molecule has 1 aliphatic heterocycles. The van der Waals surface area contributed by atoms with Crippen LogP contribution in [0.3, 0.4) is 0 Å². The molecule has 0 unspecified atom stereocenters. The van der Waals surface area contributed by atoms with E-state index in [1.54, 1.807) is 0 Å². The Bertz CT molecular complexity index is 465. The number of carbonyl (C=O) groups excluding carboxylic acids is 1. The van der Waals surface area contributed by atoms with Crippen LogP contribution in [0.25, 0.3) is 5.57 Å². The first-order valence-corrected chi connectivity index (χ1v) is 3.88. The smallest absolute Gasteiger partial charge is 0.270 e. The summed E-state index contributed by atoms with van der Waals surface area (Å²) in [5.41, 5.74) is 1.31. The van der Waals surface area contributed by atoms with Crippen molar-refractivity contribution in [1.82, 2.24) is 0 Å². The van der Waals surface area contributed by atoms with Crippen LogP contribution in [0.4, 0.5) is 11.4 Å². The second-order valence-electron chi connectivity index (χ2n) is 2.92. The highest BCUT2D eigenvalue weighted by Gasteiger charge is 2.24. The Morgan fingerprint density at radius 2 is 2.14 bits per heavy atom. The fourth-order valence-corrected chi connectivity index (χ4v) is 1.32. The van der Waals surface area contributed by atoms with E-state index in [1.165, 1.54) is 18.2 Å². The lowest BCUT2D eigenvalue weighted by Crippen LogP contribution is -2.02. The normalized spacial score (nSPS) is 13.7. The zero-order valence-electron chi connectivity index (χ0n) is 7.11. The highest BCUT2D eigenvalue weighted by Crippen LogP contribution is 2.32. The first kappa shape index (κ1) is 8.43. The van der Waals surface area contributed by atoms with E-state index >= 15 is 0 Å². The molecule has 1 aromatic rings. The molecule has 0 aromatic heterocycles. The molecule has 5 heteroatoms. The van der Waals surface area contributed by atoms with Gasteiger partial charge in [0.2, 0.25) is 0 Å². The van der Waals surface area contributed by atoms with E-state index in [0.717, 1.165) is 0 Å². The number of amides is 1. The van der Waals surface area contributed by atoms with E-state index in [1.807, 2.05) is 0 Å². The van der Waals surface area contributed by atoms with Gasteiger partial charge in [-0.3, -0.25) is 14.9 Å². The maximum atomic E-state index is 11.1. The molecule has 14 heavy (non-hydrogen) atoms. The third kappa shape index (κ3) is 1.06. The van der Waals surface area contributed by atoms with Gasteiger partial charge >= 0.3 is 0 Å². The maximum Gasteiger partial charge on any atom is 0.270 e. The third-order valence-electron chi connectivity index (χ3n) is 2.06. The fourth-order valence-electron chi connectivity index (χ4n) is 1.32. The van der Waals surface area contributed by atoms with Gasteiger partial charge in [-0.1, -0.05) is 6.58 Å². The SMILES string of the molecule is C=C1C(=O)Nc2ccc([N+](=O)[O-])cc21. The van der Waals surface area contributed by atoms with Crippen molar-refractivity contribution >= 4 is 22.9 Å². The molecule has 0 saturated heterocycles. The van der Waals surface area contributed by atoms with Crippen molar-refractivity contribution in [2.45, 2.75) is 0 Å². The average molecular weight is 190 g/mol. The van der Waals surface area contributed by atoms with Crippen LogP contribution < -0.4 is 5.32 Å². The number of carbonyl (C=O) groups is 1. The van der Waals surface area contributed by atoms with Crippen molar-refractivity contribution in [2.75, 3.05) is 5.32 Å². The minimum atomic E-state index is -0.504. The summed E-state index contributed by atoms with van der Waals surface area (Å²) < 4.78 is 0. The Labute approximate surface area is 79.2 Å². The molecule has 0 radical (unpaired) electrons. The van der Waals surface area contributed by atoms with Crippen LogP contribution in [0.2, 0.25) is 0 Å². The van der Waals surface area contributed by atoms with Crippen molar-refractivity contribution in [2.24, 2.45) is 0 Å². The molecule has 0 spiro atoms. The molecule has 5 nitrogen and oxygen atoms in total. The Balaban J connectivity index is 2.57. The summed E-state index contributed by atoms with van der Waals surface area (Å²) in [7, 11) is 0. The second-order valence-corrected chi connectivity index (χ2v) is 2.92. The van der Waals surface area contributed by atoms with Gasteiger partial charge in [-0.2, -0.15) is 0 Å². The lowest BCUT2D eigenvalue weighted by Gasteiger charge is -1.96. The molecule has 0 aliphatic carbocycles. The zero-order valence-corrected chi connectivity index (χ0v) is 7.11. The van der Waals surface area contributed by atoms with Gasteiger partial charge in [0, 0.05) is 29.0 Å². The number of benzene rings is 1. The topological polar surface area (TPSA) is 72.2 Å². The molecule has 1 aliphatic rings. The summed E-state index contributed by atoms with van der Waals surface area (Å²) in [6, 6.07) is 4.19. The number of nitrogens with one attached hydrogen (secondary N) is 1. The first-order chi connectivity index (χ1) is 6.59. The minimum Gasteiger partial charge on any atom is -0.321 e. The van der Waals surface area contributed by atoms with Crippen molar-refractivity contribution in [3.8, 4) is 0 Å². The van der Waals surface area contributed by atoms with Crippen molar-refractivity contribution < 1.29 is 9.72 Å². The van der Waals surface area contributed by atoms with Crippen LogP contribution in [0, 0.1) is 10.1 Å². The van der Waals surface area contributed by atoms with Crippen LogP contribution in [0.5, 0.6) is 0 Å². The van der Waals surface area contributed by atoms with Gasteiger partial charge in [0.1, 0.15) is 0 Å². The zero-order chi connectivity index (χ0) is 10.3. The third-order valence-corrected chi connectivity index (χ3v) is 2.06. The van der Waals surface area contributed by atoms with E-state index in [0.29, 0.717) is 11.3 Å². The number of non-ortho nitro benzene ring substituents is 1. The Morgan fingerprint density at radius 3 is 2.79 bits per heavy atom. The number of hydrogen-bond acceptors (Lipinski definition) is 3. The Hall–Kier alpha value is -2.17. The highest BCUT2D eigenvalue weighted by molar-refractivity contribution is 6.31. The Kier molecular flexibility index (Phi) is 1.60. The van der Waals surface area contributed by atoms with Crippen LogP contribution in [0.1, 0.15) is 5.56 Å². The molecule has 0 bridgehead atoms. The standard InChI is InChI=1S/C9H6N2O3/c1-5-7-4-6(11(13)14)2-3-8(7)10-9(5)12/h2-4H,1H2,(H,10,12). The molecular weight excluding hydrogens is 184 g/mol. The molecule has 70 valence electrons. The number of nitro benzene ring substituents is 1. The van der Waals surface area contributed by atoms with Gasteiger partial charge in [0.25, 0.3) is 11.6 Å². The van der Waals surface area contributed by atoms with Crippen LogP contribution >= 0.6 is 0 Å². The predicted octanol–water partition coefficient (Wildman–Crippen LogP) is 1.56. The van der Waals surface area contributed by atoms with Crippen molar-refractivity contribution in [3.05, 3.63) is 40.5 Å². The lowest BCUT2D eigenvalue weighted by molar-refractivity contribution is -0.384. The van der Waals surface area contributed by atoms with Gasteiger partial charge in [0.05, 0.1) is 4.92 Å². The fraction of sp³-hybridized carbons (Fsp3) is 0. The molecule has 1 heterocycles. The molecule has 0 fully saturated rings. The van der Waals surface area contributed by atoms with E-state index in [2.05, 4.69) is 11.9 Å². The highest BCUT2D eigenvalue weighted by atomic mass is 16.6. The molecule has 0 atom stereocenters. The van der Waals surface area contributed by atoms with E-state index < -0.39 is 4.92 Å². The summed E-state index contributed by atoms with van der Waals surface area (Å²) in [4.78, 5) is 21.1. The summed E-state index contributed by atoms with van der Waals surface area (Å²) in [6.45, 7) is 3.54. The number of nitrogens with zero attached hydrogens (tertiary/aromatic N) is 1. The van der Waals surface area contributed by atoms with Gasteiger partial charge in [0.15, 0.2) is 0 Å². The summed E-state index contributed by atoms with van der Waals surface area (Å²) in [5, 5.41) is 13.0. The number of fused-ring (bicyclic) bond motifs is 1.